The third kappa shape index (κ3) is 3.29. The van der Waals surface area contributed by atoms with Crippen molar-refractivity contribution in [1.82, 2.24) is 0 Å². The van der Waals surface area contributed by atoms with Gasteiger partial charge in [0.25, 0.3) is 0 Å². The van der Waals surface area contributed by atoms with E-state index in [4.69, 9.17) is 26.8 Å². The van der Waals surface area contributed by atoms with Gasteiger partial charge in [-0.25, -0.2) is 4.39 Å². The lowest BCUT2D eigenvalue weighted by molar-refractivity contribution is 0.305. The van der Waals surface area contributed by atoms with Gasteiger partial charge in [-0.05, 0) is 29.8 Å². The van der Waals surface area contributed by atoms with Crippen LogP contribution in [0.15, 0.2) is 36.4 Å². The highest BCUT2D eigenvalue weighted by atomic mass is 35.5. The molecular formula is C14H13ClFNO2. The first-order valence-corrected chi connectivity index (χ1v) is 5.98. The molecule has 0 saturated carbocycles. The Morgan fingerprint density at radius 2 is 2.00 bits per heavy atom. The van der Waals surface area contributed by atoms with Crippen LogP contribution in [-0.4, -0.2) is 7.11 Å². The average molecular weight is 282 g/mol. The Morgan fingerprint density at radius 3 is 2.68 bits per heavy atom. The van der Waals surface area contributed by atoms with Gasteiger partial charge in [-0.1, -0.05) is 17.7 Å². The maximum absolute atomic E-state index is 13.3. The van der Waals surface area contributed by atoms with Gasteiger partial charge in [-0.2, -0.15) is 0 Å². The van der Waals surface area contributed by atoms with Crippen molar-refractivity contribution in [3.63, 3.8) is 0 Å². The average Bonchev–Trinajstić information content (AvgIpc) is 2.41. The zero-order valence-electron chi connectivity index (χ0n) is 10.3. The summed E-state index contributed by atoms with van der Waals surface area (Å²) in [5.74, 6) is 0.669. The third-order valence-corrected chi connectivity index (χ3v) is 2.91. The molecule has 0 fully saturated rings. The van der Waals surface area contributed by atoms with Crippen LogP contribution in [0, 0.1) is 5.82 Å². The summed E-state index contributed by atoms with van der Waals surface area (Å²) in [5.41, 5.74) is 6.95. The SMILES string of the molecule is COc1ccc(N)c(OCc2ccc(Cl)c(F)c2)c1. The molecule has 0 spiro atoms. The van der Waals surface area contributed by atoms with Crippen molar-refractivity contribution in [3.8, 4) is 11.5 Å². The van der Waals surface area contributed by atoms with Gasteiger partial charge in [0, 0.05) is 6.07 Å². The van der Waals surface area contributed by atoms with Crippen molar-refractivity contribution < 1.29 is 13.9 Å². The first-order chi connectivity index (χ1) is 9.10. The van der Waals surface area contributed by atoms with Crippen LogP contribution in [0.5, 0.6) is 11.5 Å². The van der Waals surface area contributed by atoms with Crippen LogP contribution in [-0.2, 0) is 6.61 Å². The van der Waals surface area contributed by atoms with Crippen LogP contribution < -0.4 is 15.2 Å². The Morgan fingerprint density at radius 1 is 1.21 bits per heavy atom. The predicted octanol–water partition coefficient (Wildman–Crippen LogP) is 3.65. The molecule has 0 atom stereocenters. The van der Waals surface area contributed by atoms with Crippen molar-refractivity contribution >= 4 is 17.3 Å². The number of benzene rings is 2. The molecule has 0 aliphatic rings. The number of anilines is 1. The van der Waals surface area contributed by atoms with Gasteiger partial charge in [0.2, 0.25) is 0 Å². The summed E-state index contributed by atoms with van der Waals surface area (Å²) in [6.45, 7) is 0.200. The van der Waals surface area contributed by atoms with E-state index < -0.39 is 5.82 Å². The number of halogens is 2. The summed E-state index contributed by atoms with van der Waals surface area (Å²) in [4.78, 5) is 0. The first-order valence-electron chi connectivity index (χ1n) is 5.60. The molecule has 0 bridgehead atoms. The Kier molecular flexibility index (Phi) is 4.12. The van der Waals surface area contributed by atoms with Crippen molar-refractivity contribution in [3.05, 3.63) is 52.8 Å². The third-order valence-electron chi connectivity index (χ3n) is 2.60. The number of hydrogen-bond donors (Lipinski definition) is 1. The predicted molar refractivity (Wildman–Crippen MR) is 73.1 cm³/mol. The maximum Gasteiger partial charge on any atom is 0.146 e. The van der Waals surface area contributed by atoms with E-state index in [9.17, 15) is 4.39 Å². The number of ether oxygens (including phenoxy) is 2. The zero-order valence-corrected chi connectivity index (χ0v) is 11.1. The molecular weight excluding hydrogens is 269 g/mol. The Balaban J connectivity index is 2.11. The number of rotatable bonds is 4. The molecule has 2 aromatic rings. The monoisotopic (exact) mass is 281 g/mol. The van der Waals surface area contributed by atoms with Crippen LogP contribution in [0.3, 0.4) is 0 Å². The zero-order chi connectivity index (χ0) is 13.8. The molecule has 0 amide bonds. The van der Waals surface area contributed by atoms with E-state index in [0.29, 0.717) is 22.7 Å². The quantitative estimate of drug-likeness (QED) is 0.870. The van der Waals surface area contributed by atoms with E-state index >= 15 is 0 Å². The molecule has 5 heteroatoms. The lowest BCUT2D eigenvalue weighted by Crippen LogP contribution is -1.99. The van der Waals surface area contributed by atoms with Gasteiger partial charge in [0.15, 0.2) is 0 Å². The topological polar surface area (TPSA) is 44.5 Å². The van der Waals surface area contributed by atoms with Crippen LogP contribution >= 0.6 is 11.6 Å². The van der Waals surface area contributed by atoms with E-state index in [2.05, 4.69) is 0 Å². The number of nitrogens with two attached hydrogens (primary N) is 1. The molecule has 0 unspecified atom stereocenters. The fraction of sp³-hybridized carbons (Fsp3) is 0.143. The van der Waals surface area contributed by atoms with Crippen LogP contribution in [0.1, 0.15) is 5.56 Å². The molecule has 2 aromatic carbocycles. The lowest BCUT2D eigenvalue weighted by Gasteiger charge is -2.10. The summed E-state index contributed by atoms with van der Waals surface area (Å²) in [5, 5.41) is 0.0876. The number of nitrogen functional groups attached to an aromatic ring is 1. The summed E-state index contributed by atoms with van der Waals surface area (Å²) in [6.07, 6.45) is 0. The molecule has 2 N–H and O–H groups in total. The number of hydrogen-bond acceptors (Lipinski definition) is 3. The molecule has 2 rings (SSSR count). The minimum Gasteiger partial charge on any atom is -0.497 e. The van der Waals surface area contributed by atoms with Crippen LogP contribution in [0.4, 0.5) is 10.1 Å². The molecule has 0 radical (unpaired) electrons. The van der Waals surface area contributed by atoms with Crippen molar-refractivity contribution in [2.24, 2.45) is 0 Å². The fourth-order valence-corrected chi connectivity index (χ4v) is 1.67. The number of methoxy groups -OCH3 is 1. The highest BCUT2D eigenvalue weighted by molar-refractivity contribution is 6.30. The van der Waals surface area contributed by atoms with Gasteiger partial charge < -0.3 is 15.2 Å². The highest BCUT2D eigenvalue weighted by Gasteiger charge is 2.05. The second-order valence-electron chi connectivity index (χ2n) is 3.94. The smallest absolute Gasteiger partial charge is 0.146 e. The van der Waals surface area contributed by atoms with Crippen molar-refractivity contribution in [1.29, 1.82) is 0 Å². The molecule has 0 aliphatic carbocycles. The van der Waals surface area contributed by atoms with Crippen molar-refractivity contribution in [2.45, 2.75) is 6.61 Å². The first kappa shape index (κ1) is 13.5. The summed E-state index contributed by atoms with van der Waals surface area (Å²) < 4.78 is 23.9. The van der Waals surface area contributed by atoms with Crippen molar-refractivity contribution in [2.75, 3.05) is 12.8 Å². The van der Waals surface area contributed by atoms with Crippen LogP contribution in [0.25, 0.3) is 0 Å². The van der Waals surface area contributed by atoms with E-state index in [-0.39, 0.29) is 11.6 Å². The second kappa shape index (κ2) is 5.80. The largest absolute Gasteiger partial charge is 0.497 e. The highest BCUT2D eigenvalue weighted by Crippen LogP contribution is 2.27. The van der Waals surface area contributed by atoms with Gasteiger partial charge >= 0.3 is 0 Å². The second-order valence-corrected chi connectivity index (χ2v) is 4.35. The van der Waals surface area contributed by atoms with Crippen LogP contribution in [0.2, 0.25) is 5.02 Å². The van der Waals surface area contributed by atoms with Gasteiger partial charge in [-0.15, -0.1) is 0 Å². The molecule has 100 valence electrons. The normalized spacial score (nSPS) is 10.3. The van der Waals surface area contributed by atoms with E-state index in [1.807, 2.05) is 0 Å². The minimum atomic E-state index is -0.471. The fourth-order valence-electron chi connectivity index (χ4n) is 1.56. The molecule has 19 heavy (non-hydrogen) atoms. The maximum atomic E-state index is 13.3. The molecule has 0 aliphatic heterocycles. The molecule has 3 nitrogen and oxygen atoms in total. The molecule has 0 aromatic heterocycles. The van der Waals surface area contributed by atoms with Gasteiger partial charge in [0.05, 0.1) is 17.8 Å². The molecule has 0 saturated heterocycles. The molecule has 0 heterocycles. The van der Waals surface area contributed by atoms with Gasteiger partial charge in [0.1, 0.15) is 23.9 Å². The van der Waals surface area contributed by atoms with E-state index in [0.717, 1.165) is 0 Å². The Labute approximate surface area is 115 Å². The summed E-state index contributed by atoms with van der Waals surface area (Å²) >= 11 is 5.61. The Bertz CT molecular complexity index is 590. The Hall–Kier alpha value is -1.94. The minimum absolute atomic E-state index is 0.0876. The summed E-state index contributed by atoms with van der Waals surface area (Å²) in [6, 6.07) is 9.63. The lowest BCUT2D eigenvalue weighted by atomic mass is 10.2. The van der Waals surface area contributed by atoms with E-state index in [1.54, 1.807) is 31.4 Å². The summed E-state index contributed by atoms with van der Waals surface area (Å²) in [7, 11) is 1.56. The van der Waals surface area contributed by atoms with E-state index in [1.165, 1.54) is 12.1 Å². The standard InChI is InChI=1S/C14H13ClFNO2/c1-18-10-3-5-13(17)14(7-10)19-8-9-2-4-11(15)12(16)6-9/h2-7H,8,17H2,1H3. The van der Waals surface area contributed by atoms with Gasteiger partial charge in [-0.3, -0.25) is 0 Å².